The molecule has 0 unspecified atom stereocenters. The van der Waals surface area contributed by atoms with Crippen molar-refractivity contribution in [2.45, 2.75) is 20.8 Å². The van der Waals surface area contributed by atoms with Crippen molar-refractivity contribution in [3.05, 3.63) is 48.5 Å². The maximum absolute atomic E-state index is 10.4. The number of hydrogen-bond donors (Lipinski definition) is 0. The molecule has 0 atom stereocenters. The molecule has 0 aliphatic rings. The summed E-state index contributed by atoms with van der Waals surface area (Å²) in [6.07, 6.45) is 0. The van der Waals surface area contributed by atoms with Crippen LogP contribution in [0.3, 0.4) is 0 Å². The van der Waals surface area contributed by atoms with Gasteiger partial charge in [0, 0.05) is 20.8 Å². The molecule has 122 valence electrons. The number of hydrogen-bond acceptors (Lipinski definition) is 6. The number of carbonyl (C=O) groups is 3. The molecule has 0 aliphatic carbocycles. The molecule has 0 aromatic heterocycles. The van der Waals surface area contributed by atoms with Crippen LogP contribution in [0, 0.1) is 0 Å². The zero-order chi connectivity index (χ0) is 17.2. The molecule has 0 bridgehead atoms. The van der Waals surface area contributed by atoms with E-state index in [1.807, 2.05) is 0 Å². The number of carbonyl (C=O) groups excluding carboxylic acids is 3. The molecule has 0 radical (unpaired) electrons. The van der Waals surface area contributed by atoms with Crippen LogP contribution < -0.4 is 0 Å². The molecular weight excluding hydrogens is 316 g/mol. The lowest BCUT2D eigenvalue weighted by molar-refractivity contribution is -0.144. The van der Waals surface area contributed by atoms with Gasteiger partial charge in [0.15, 0.2) is 0 Å². The van der Waals surface area contributed by atoms with E-state index in [0.717, 1.165) is 20.8 Å². The zero-order valence-electron chi connectivity index (χ0n) is 13.1. The molecule has 0 N–H and O–H groups in total. The minimum Gasteiger partial charge on any atom is -0.458 e. The van der Waals surface area contributed by atoms with Gasteiger partial charge in [-0.3, -0.25) is 14.4 Å². The van der Waals surface area contributed by atoms with Gasteiger partial charge < -0.3 is 13.3 Å². The van der Waals surface area contributed by atoms with E-state index >= 15 is 0 Å². The van der Waals surface area contributed by atoms with E-state index in [1.165, 1.54) is 10.8 Å². The Hall–Kier alpha value is -2.67. The SMILES string of the molecule is CC(=O)O[SiH](OC(C)=O)OC(C)=O.c1ccc2ccccc2c1. The molecule has 2 rings (SSSR count). The van der Waals surface area contributed by atoms with Crippen LogP contribution in [0.2, 0.25) is 0 Å². The van der Waals surface area contributed by atoms with Crippen LogP contribution in [0.4, 0.5) is 0 Å². The van der Waals surface area contributed by atoms with Crippen molar-refractivity contribution in [2.75, 3.05) is 0 Å². The van der Waals surface area contributed by atoms with E-state index in [2.05, 4.69) is 61.8 Å². The van der Waals surface area contributed by atoms with E-state index in [0.29, 0.717) is 0 Å². The van der Waals surface area contributed by atoms with Gasteiger partial charge in [0.2, 0.25) is 0 Å². The van der Waals surface area contributed by atoms with Crippen LogP contribution in [-0.4, -0.2) is 27.4 Å². The minimum atomic E-state index is -2.96. The van der Waals surface area contributed by atoms with Crippen molar-refractivity contribution < 1.29 is 27.7 Å². The maximum atomic E-state index is 10.4. The first kappa shape index (κ1) is 18.4. The summed E-state index contributed by atoms with van der Waals surface area (Å²) in [5.74, 6) is -1.96. The molecule has 0 aliphatic heterocycles. The monoisotopic (exact) mass is 334 g/mol. The molecule has 7 heteroatoms. The Morgan fingerprint density at radius 2 is 0.913 bits per heavy atom. The Bertz CT molecular complexity index is 582. The molecule has 0 amide bonds. The van der Waals surface area contributed by atoms with Gasteiger partial charge in [-0.05, 0) is 10.8 Å². The van der Waals surface area contributed by atoms with E-state index < -0.39 is 27.4 Å². The Morgan fingerprint density at radius 3 is 1.13 bits per heavy atom. The third-order valence-corrected chi connectivity index (χ3v) is 4.02. The highest BCUT2D eigenvalue weighted by Crippen LogP contribution is 2.11. The lowest BCUT2D eigenvalue weighted by Crippen LogP contribution is -2.32. The highest BCUT2D eigenvalue weighted by Gasteiger charge is 2.25. The average molecular weight is 334 g/mol. The Balaban J connectivity index is 0.000000235. The fourth-order valence-electron chi connectivity index (χ4n) is 1.61. The molecular formula is C16H18O6Si. The van der Waals surface area contributed by atoms with Gasteiger partial charge in [-0.1, -0.05) is 48.5 Å². The molecule has 0 saturated heterocycles. The molecule has 0 heterocycles. The summed E-state index contributed by atoms with van der Waals surface area (Å²) in [4.78, 5) is 31.3. The Morgan fingerprint density at radius 1 is 0.652 bits per heavy atom. The Kier molecular flexibility index (Phi) is 7.48. The van der Waals surface area contributed by atoms with Crippen molar-refractivity contribution in [3.63, 3.8) is 0 Å². The summed E-state index contributed by atoms with van der Waals surface area (Å²) in [7, 11) is -2.96. The van der Waals surface area contributed by atoms with Crippen LogP contribution in [0.1, 0.15) is 20.8 Å². The largest absolute Gasteiger partial charge is 0.689 e. The number of fused-ring (bicyclic) bond motifs is 1. The quantitative estimate of drug-likeness (QED) is 0.801. The van der Waals surface area contributed by atoms with Crippen molar-refractivity contribution >= 4 is 38.2 Å². The third-order valence-electron chi connectivity index (χ3n) is 2.45. The first-order valence-corrected chi connectivity index (χ1v) is 8.25. The minimum absolute atomic E-state index is 0.654. The van der Waals surface area contributed by atoms with Crippen LogP contribution in [0.5, 0.6) is 0 Å². The number of rotatable bonds is 3. The van der Waals surface area contributed by atoms with Gasteiger partial charge in [-0.15, -0.1) is 0 Å². The smallest absolute Gasteiger partial charge is 0.458 e. The molecule has 6 nitrogen and oxygen atoms in total. The fourth-order valence-corrected chi connectivity index (χ4v) is 2.57. The Labute approximate surface area is 135 Å². The van der Waals surface area contributed by atoms with E-state index in [4.69, 9.17) is 0 Å². The molecule has 23 heavy (non-hydrogen) atoms. The molecule has 0 spiro atoms. The van der Waals surface area contributed by atoms with Gasteiger partial charge >= 0.3 is 9.53 Å². The van der Waals surface area contributed by atoms with Crippen LogP contribution in [-0.2, 0) is 27.7 Å². The predicted molar refractivity (Wildman–Crippen MR) is 86.4 cm³/mol. The standard InChI is InChI=1S/C10H8.C6H10O6Si/c1-2-6-10-8-4-3-7-9(10)5-1;1-4(7)10-13(11-5(2)8)12-6(3)9/h1-8H;13H,1-3H3. The normalized spacial score (nSPS) is 9.57. The highest BCUT2D eigenvalue weighted by atomic mass is 28.3. The number of benzene rings is 2. The van der Waals surface area contributed by atoms with E-state index in [9.17, 15) is 14.4 Å². The van der Waals surface area contributed by atoms with Crippen molar-refractivity contribution in [3.8, 4) is 0 Å². The zero-order valence-corrected chi connectivity index (χ0v) is 14.3. The van der Waals surface area contributed by atoms with E-state index in [1.54, 1.807) is 0 Å². The third kappa shape index (κ3) is 7.77. The molecule has 2 aromatic carbocycles. The highest BCUT2D eigenvalue weighted by molar-refractivity contribution is 6.43. The maximum Gasteiger partial charge on any atom is 0.689 e. The summed E-state index contributed by atoms with van der Waals surface area (Å²) in [5.41, 5.74) is 0. The fraction of sp³-hybridized carbons (Fsp3) is 0.188. The van der Waals surface area contributed by atoms with Gasteiger partial charge in [-0.2, -0.15) is 0 Å². The first-order chi connectivity index (χ1) is 10.9. The average Bonchev–Trinajstić information content (AvgIpc) is 2.46. The summed E-state index contributed by atoms with van der Waals surface area (Å²) >= 11 is 0. The predicted octanol–water partition coefficient (Wildman–Crippen LogP) is 2.23. The summed E-state index contributed by atoms with van der Waals surface area (Å²) in [6.45, 7) is 3.40. The van der Waals surface area contributed by atoms with Crippen molar-refractivity contribution in [1.29, 1.82) is 0 Å². The topological polar surface area (TPSA) is 78.9 Å². The second-order valence-electron chi connectivity index (χ2n) is 4.46. The molecule has 0 saturated carbocycles. The lowest BCUT2D eigenvalue weighted by atomic mass is 10.1. The summed E-state index contributed by atoms with van der Waals surface area (Å²) in [6, 6.07) is 16.7. The van der Waals surface area contributed by atoms with Crippen LogP contribution in [0.15, 0.2) is 48.5 Å². The molecule has 2 aromatic rings. The van der Waals surface area contributed by atoms with Gasteiger partial charge in [-0.25, -0.2) is 0 Å². The second kappa shape index (κ2) is 9.37. The summed E-state index contributed by atoms with van der Waals surface area (Å²) in [5, 5.41) is 2.62. The van der Waals surface area contributed by atoms with Gasteiger partial charge in [0.1, 0.15) is 0 Å². The lowest BCUT2D eigenvalue weighted by Gasteiger charge is -2.12. The van der Waals surface area contributed by atoms with Gasteiger partial charge in [0.05, 0.1) is 0 Å². The van der Waals surface area contributed by atoms with Crippen LogP contribution >= 0.6 is 0 Å². The molecule has 0 fully saturated rings. The van der Waals surface area contributed by atoms with Crippen molar-refractivity contribution in [1.82, 2.24) is 0 Å². The van der Waals surface area contributed by atoms with E-state index in [-0.39, 0.29) is 0 Å². The van der Waals surface area contributed by atoms with Crippen molar-refractivity contribution in [2.24, 2.45) is 0 Å². The van der Waals surface area contributed by atoms with Crippen LogP contribution in [0.25, 0.3) is 10.8 Å². The summed E-state index contributed by atoms with van der Waals surface area (Å²) < 4.78 is 13.5. The van der Waals surface area contributed by atoms with Gasteiger partial charge in [0.25, 0.3) is 17.9 Å². The second-order valence-corrected chi connectivity index (χ2v) is 5.75. The first-order valence-electron chi connectivity index (χ1n) is 6.84.